The number of piperazine rings is 1. The minimum atomic E-state index is 0.706. The average molecular weight is 264 g/mol. The molecule has 0 spiro atoms. The summed E-state index contributed by atoms with van der Waals surface area (Å²) in [6.07, 6.45) is 10.6. The monoisotopic (exact) mass is 264 g/mol. The third kappa shape index (κ3) is 4.32. The molecule has 2 unspecified atom stereocenters. The zero-order valence-electron chi connectivity index (χ0n) is 12.9. The van der Waals surface area contributed by atoms with E-state index in [9.17, 15) is 0 Å². The quantitative estimate of drug-likeness (QED) is 0.765. The molecule has 0 aromatic heterocycles. The van der Waals surface area contributed by atoms with Crippen molar-refractivity contribution in [1.82, 2.24) is 10.2 Å². The van der Waals surface area contributed by atoms with Crippen LogP contribution in [0.25, 0.3) is 0 Å². The van der Waals surface area contributed by atoms with Crippen molar-refractivity contribution in [2.24, 2.45) is 11.8 Å². The Labute approximate surface area is 119 Å². The van der Waals surface area contributed by atoms with Crippen LogP contribution in [0.3, 0.4) is 0 Å². The summed E-state index contributed by atoms with van der Waals surface area (Å²) >= 11 is 0. The van der Waals surface area contributed by atoms with E-state index >= 15 is 0 Å². The first-order valence-corrected chi connectivity index (χ1v) is 8.29. The van der Waals surface area contributed by atoms with Gasteiger partial charge in [0.25, 0.3) is 0 Å². The highest BCUT2D eigenvalue weighted by atomic mass is 15.2. The molecule has 1 N–H and O–H groups in total. The fourth-order valence-corrected chi connectivity index (χ4v) is 3.90. The summed E-state index contributed by atoms with van der Waals surface area (Å²) < 4.78 is 0. The summed E-state index contributed by atoms with van der Waals surface area (Å²) in [4.78, 5) is 2.67. The van der Waals surface area contributed by atoms with Gasteiger partial charge >= 0.3 is 0 Å². The summed E-state index contributed by atoms with van der Waals surface area (Å²) in [6, 6.07) is 1.43. The molecule has 2 aliphatic rings. The van der Waals surface area contributed by atoms with Gasteiger partial charge in [0.15, 0.2) is 0 Å². The van der Waals surface area contributed by atoms with Gasteiger partial charge in [0.05, 0.1) is 0 Å². The average Bonchev–Trinajstić information content (AvgIpc) is 2.41. The van der Waals surface area contributed by atoms with E-state index in [2.05, 4.69) is 36.7 Å². The van der Waals surface area contributed by atoms with E-state index < -0.39 is 0 Å². The van der Waals surface area contributed by atoms with Crippen LogP contribution in [0, 0.1) is 11.8 Å². The molecule has 2 atom stereocenters. The number of rotatable bonds is 5. The highest BCUT2D eigenvalue weighted by molar-refractivity contribution is 4.93. The summed E-state index contributed by atoms with van der Waals surface area (Å²) in [5.41, 5.74) is 0. The maximum atomic E-state index is 3.94. The number of hydrogen-bond acceptors (Lipinski definition) is 2. The summed E-state index contributed by atoms with van der Waals surface area (Å²) in [6.45, 7) is 12.1. The summed E-state index contributed by atoms with van der Waals surface area (Å²) in [5, 5.41) is 3.86. The van der Waals surface area contributed by atoms with E-state index in [0.29, 0.717) is 6.04 Å². The minimum absolute atomic E-state index is 0.706. The Balaban J connectivity index is 1.91. The van der Waals surface area contributed by atoms with Crippen LogP contribution >= 0.6 is 0 Å². The lowest BCUT2D eigenvalue weighted by molar-refractivity contribution is 0.0950. The fourth-order valence-electron chi connectivity index (χ4n) is 3.90. The van der Waals surface area contributed by atoms with Crippen LogP contribution in [0.15, 0.2) is 12.7 Å². The fraction of sp³-hybridized carbons (Fsp3) is 0.882. The first-order valence-electron chi connectivity index (χ1n) is 8.29. The maximum Gasteiger partial charge on any atom is 0.0227 e. The Morgan fingerprint density at radius 2 is 2.00 bits per heavy atom. The summed E-state index contributed by atoms with van der Waals surface area (Å²) in [7, 11) is 0. The first kappa shape index (κ1) is 15.1. The molecule has 1 saturated heterocycles. The predicted molar refractivity (Wildman–Crippen MR) is 83.4 cm³/mol. The Morgan fingerprint density at radius 3 is 2.63 bits per heavy atom. The molecule has 2 fully saturated rings. The molecular weight excluding hydrogens is 232 g/mol. The van der Waals surface area contributed by atoms with Gasteiger partial charge in [0.2, 0.25) is 0 Å². The highest BCUT2D eigenvalue weighted by Gasteiger charge is 2.32. The second-order valence-electron chi connectivity index (χ2n) is 6.94. The van der Waals surface area contributed by atoms with Gasteiger partial charge in [-0.2, -0.15) is 0 Å². The largest absolute Gasteiger partial charge is 0.311 e. The molecule has 1 aliphatic heterocycles. The zero-order chi connectivity index (χ0) is 13.7. The molecule has 0 bridgehead atoms. The lowest BCUT2D eigenvalue weighted by Crippen LogP contribution is -2.59. The van der Waals surface area contributed by atoms with Crippen LogP contribution in [0.5, 0.6) is 0 Å². The molecule has 110 valence electrons. The molecule has 0 amide bonds. The van der Waals surface area contributed by atoms with E-state index in [1.54, 1.807) is 0 Å². The Morgan fingerprint density at radius 1 is 1.26 bits per heavy atom. The third-order valence-electron chi connectivity index (χ3n) is 4.89. The molecule has 0 aromatic rings. The van der Waals surface area contributed by atoms with E-state index in [0.717, 1.165) is 24.4 Å². The zero-order valence-corrected chi connectivity index (χ0v) is 12.9. The standard InChI is InChI=1S/C17H32N2/c1-4-10-19-13-17(15-8-6-5-7-9-15)18-12-16(19)11-14(2)3/h4,14-18H,1,5-13H2,2-3H3. The SMILES string of the molecule is C=CCN1CC(C2CCCCC2)NCC1CC(C)C. The van der Waals surface area contributed by atoms with Crippen molar-refractivity contribution in [3.63, 3.8) is 0 Å². The number of nitrogens with one attached hydrogen (secondary N) is 1. The van der Waals surface area contributed by atoms with Crippen molar-refractivity contribution >= 4 is 0 Å². The summed E-state index contributed by atoms with van der Waals surface area (Å²) in [5.74, 6) is 1.70. The van der Waals surface area contributed by atoms with Gasteiger partial charge in [-0.15, -0.1) is 6.58 Å². The van der Waals surface area contributed by atoms with E-state index in [1.807, 2.05) is 0 Å². The first-order chi connectivity index (χ1) is 9.20. The highest BCUT2D eigenvalue weighted by Crippen LogP contribution is 2.29. The van der Waals surface area contributed by atoms with Gasteiger partial charge < -0.3 is 5.32 Å². The van der Waals surface area contributed by atoms with Crippen molar-refractivity contribution in [3.8, 4) is 0 Å². The Hall–Kier alpha value is -0.340. The Kier molecular flexibility index (Phi) is 5.90. The molecular formula is C17H32N2. The van der Waals surface area contributed by atoms with Crippen LogP contribution in [0.2, 0.25) is 0 Å². The topological polar surface area (TPSA) is 15.3 Å². The van der Waals surface area contributed by atoms with Gasteiger partial charge in [-0.25, -0.2) is 0 Å². The van der Waals surface area contributed by atoms with Crippen molar-refractivity contribution in [2.75, 3.05) is 19.6 Å². The van der Waals surface area contributed by atoms with Gasteiger partial charge in [-0.05, 0) is 31.1 Å². The molecule has 1 saturated carbocycles. The van der Waals surface area contributed by atoms with Crippen LogP contribution in [0.4, 0.5) is 0 Å². The third-order valence-corrected chi connectivity index (χ3v) is 4.89. The van der Waals surface area contributed by atoms with Crippen molar-refractivity contribution in [2.45, 2.75) is 64.5 Å². The maximum absolute atomic E-state index is 3.94. The van der Waals surface area contributed by atoms with Gasteiger partial charge in [0.1, 0.15) is 0 Å². The Bertz CT molecular complexity index is 268. The molecule has 0 radical (unpaired) electrons. The van der Waals surface area contributed by atoms with E-state index in [1.165, 1.54) is 51.6 Å². The molecule has 2 rings (SSSR count). The number of hydrogen-bond donors (Lipinski definition) is 1. The molecule has 1 aliphatic carbocycles. The smallest absolute Gasteiger partial charge is 0.0227 e. The normalized spacial score (nSPS) is 30.7. The lowest BCUT2D eigenvalue weighted by Gasteiger charge is -2.44. The second-order valence-corrected chi connectivity index (χ2v) is 6.94. The van der Waals surface area contributed by atoms with Crippen LogP contribution in [-0.4, -0.2) is 36.6 Å². The van der Waals surface area contributed by atoms with Gasteiger partial charge in [-0.1, -0.05) is 39.2 Å². The van der Waals surface area contributed by atoms with E-state index in [-0.39, 0.29) is 0 Å². The molecule has 0 aromatic carbocycles. The van der Waals surface area contributed by atoms with Crippen molar-refractivity contribution in [1.29, 1.82) is 0 Å². The lowest BCUT2D eigenvalue weighted by atomic mass is 9.82. The van der Waals surface area contributed by atoms with Crippen LogP contribution in [0.1, 0.15) is 52.4 Å². The van der Waals surface area contributed by atoms with Crippen LogP contribution in [-0.2, 0) is 0 Å². The van der Waals surface area contributed by atoms with Crippen molar-refractivity contribution in [3.05, 3.63) is 12.7 Å². The predicted octanol–water partition coefficient (Wildman–Crippen LogP) is 3.44. The van der Waals surface area contributed by atoms with Crippen LogP contribution < -0.4 is 5.32 Å². The molecule has 2 heteroatoms. The molecule has 19 heavy (non-hydrogen) atoms. The van der Waals surface area contributed by atoms with Crippen molar-refractivity contribution < 1.29 is 0 Å². The molecule has 2 nitrogen and oxygen atoms in total. The molecule has 1 heterocycles. The number of nitrogens with zero attached hydrogens (tertiary/aromatic N) is 1. The van der Waals surface area contributed by atoms with E-state index in [4.69, 9.17) is 0 Å². The van der Waals surface area contributed by atoms with Gasteiger partial charge in [0, 0.05) is 31.7 Å². The minimum Gasteiger partial charge on any atom is -0.311 e. The van der Waals surface area contributed by atoms with Gasteiger partial charge in [-0.3, -0.25) is 4.90 Å². The second kappa shape index (κ2) is 7.44.